The maximum atomic E-state index is 12.5. The molecule has 0 aromatic heterocycles. The van der Waals surface area contributed by atoms with E-state index in [0.29, 0.717) is 11.8 Å². The summed E-state index contributed by atoms with van der Waals surface area (Å²) in [5.74, 6) is 2.08. The van der Waals surface area contributed by atoms with E-state index in [1.54, 1.807) is 0 Å². The van der Waals surface area contributed by atoms with Gasteiger partial charge >= 0.3 is 0 Å². The second-order valence-corrected chi connectivity index (χ2v) is 7.48. The van der Waals surface area contributed by atoms with E-state index in [-0.39, 0.29) is 12.5 Å². The smallest absolute Gasteiger partial charge is 0.244 e. The highest BCUT2D eigenvalue weighted by Crippen LogP contribution is 2.21. The maximum absolute atomic E-state index is 12.5. The zero-order valence-electron chi connectivity index (χ0n) is 16.5. The Morgan fingerprint density at radius 2 is 1.88 bits per heavy atom. The Labute approximate surface area is 158 Å². The van der Waals surface area contributed by atoms with Crippen molar-refractivity contribution in [1.82, 2.24) is 15.5 Å². The first kappa shape index (κ1) is 20.3. The number of nitrogens with zero attached hydrogens (tertiary/aromatic N) is 2. The highest BCUT2D eigenvalue weighted by molar-refractivity contribution is 5.85. The molecule has 26 heavy (non-hydrogen) atoms. The van der Waals surface area contributed by atoms with Gasteiger partial charge in [-0.1, -0.05) is 44.2 Å². The molecular weight excluding hydrogens is 324 g/mol. The molecule has 1 amide bonds. The third kappa shape index (κ3) is 7.06. The van der Waals surface area contributed by atoms with Gasteiger partial charge < -0.3 is 15.5 Å². The fraction of sp³-hybridized carbons (Fsp3) is 0.619. The second-order valence-electron chi connectivity index (χ2n) is 7.48. The third-order valence-corrected chi connectivity index (χ3v) is 4.73. The van der Waals surface area contributed by atoms with Crippen molar-refractivity contribution in [2.24, 2.45) is 16.8 Å². The van der Waals surface area contributed by atoms with Gasteiger partial charge in [0.05, 0.1) is 0 Å². The number of rotatable bonds is 7. The molecule has 5 heteroatoms. The molecule has 1 aromatic carbocycles. The number of guanidine groups is 1. The van der Waals surface area contributed by atoms with E-state index >= 15 is 0 Å². The van der Waals surface area contributed by atoms with Crippen LogP contribution in [0, 0.1) is 11.8 Å². The normalized spacial score (nSPS) is 16.0. The van der Waals surface area contributed by atoms with Gasteiger partial charge in [0, 0.05) is 26.2 Å². The molecule has 5 nitrogen and oxygen atoms in total. The van der Waals surface area contributed by atoms with Crippen molar-refractivity contribution in [3.8, 4) is 0 Å². The molecule has 1 aliphatic heterocycles. The van der Waals surface area contributed by atoms with Gasteiger partial charge in [-0.2, -0.15) is 0 Å². The monoisotopic (exact) mass is 358 g/mol. The fourth-order valence-corrected chi connectivity index (χ4v) is 3.22. The Morgan fingerprint density at radius 3 is 2.50 bits per heavy atom. The lowest BCUT2D eigenvalue weighted by Crippen LogP contribution is -2.42. The number of carbonyl (C=O) groups excluding carboxylic acids is 1. The van der Waals surface area contributed by atoms with Crippen molar-refractivity contribution in [2.45, 2.75) is 40.0 Å². The third-order valence-electron chi connectivity index (χ3n) is 4.73. The molecule has 2 rings (SSSR count). The average Bonchev–Trinajstić information content (AvgIpc) is 2.65. The number of piperidine rings is 1. The Morgan fingerprint density at radius 1 is 1.19 bits per heavy atom. The summed E-state index contributed by atoms with van der Waals surface area (Å²) in [6, 6.07) is 10.6. The van der Waals surface area contributed by atoms with Gasteiger partial charge in [-0.05, 0) is 43.6 Å². The van der Waals surface area contributed by atoms with Crippen LogP contribution in [0.2, 0.25) is 0 Å². The number of likely N-dealkylation sites (tertiary alicyclic amines) is 1. The molecule has 0 saturated carbocycles. The second kappa shape index (κ2) is 10.8. The van der Waals surface area contributed by atoms with Crippen LogP contribution in [0.1, 0.15) is 39.2 Å². The average molecular weight is 359 g/mol. The number of nitrogens with one attached hydrogen (secondary N) is 2. The van der Waals surface area contributed by atoms with E-state index in [0.717, 1.165) is 51.4 Å². The summed E-state index contributed by atoms with van der Waals surface area (Å²) in [6.07, 6.45) is 3.27. The summed E-state index contributed by atoms with van der Waals surface area (Å²) in [4.78, 5) is 18.9. The summed E-state index contributed by atoms with van der Waals surface area (Å²) < 4.78 is 0. The van der Waals surface area contributed by atoms with Crippen LogP contribution in [0.5, 0.6) is 0 Å². The van der Waals surface area contributed by atoms with Gasteiger partial charge in [0.2, 0.25) is 5.91 Å². The molecule has 1 heterocycles. The number of benzene rings is 1. The van der Waals surface area contributed by atoms with E-state index < -0.39 is 0 Å². The molecule has 1 fully saturated rings. The van der Waals surface area contributed by atoms with Gasteiger partial charge in [0.25, 0.3) is 0 Å². The molecule has 1 aromatic rings. The number of hydrogen-bond donors (Lipinski definition) is 2. The molecule has 0 radical (unpaired) electrons. The van der Waals surface area contributed by atoms with Gasteiger partial charge in [-0.25, -0.2) is 4.99 Å². The van der Waals surface area contributed by atoms with Crippen LogP contribution in [0.25, 0.3) is 0 Å². The lowest BCUT2D eigenvalue weighted by atomic mass is 9.90. The Kier molecular flexibility index (Phi) is 8.45. The number of amides is 1. The molecule has 0 aliphatic carbocycles. The molecule has 0 atom stereocenters. The van der Waals surface area contributed by atoms with Crippen LogP contribution >= 0.6 is 0 Å². The Hall–Kier alpha value is -2.04. The Balaban J connectivity index is 1.77. The zero-order chi connectivity index (χ0) is 18.8. The quantitative estimate of drug-likeness (QED) is 0.582. The Bertz CT molecular complexity index is 563. The zero-order valence-corrected chi connectivity index (χ0v) is 16.5. The summed E-state index contributed by atoms with van der Waals surface area (Å²) in [6.45, 7) is 9.91. The van der Waals surface area contributed by atoms with E-state index in [1.807, 2.05) is 11.8 Å². The van der Waals surface area contributed by atoms with Crippen LogP contribution < -0.4 is 10.6 Å². The summed E-state index contributed by atoms with van der Waals surface area (Å²) in [5.41, 5.74) is 1.40. The highest BCUT2D eigenvalue weighted by atomic mass is 16.2. The molecule has 0 unspecified atom stereocenters. The minimum Gasteiger partial charge on any atom is -0.357 e. The largest absolute Gasteiger partial charge is 0.357 e. The molecule has 144 valence electrons. The molecule has 2 N–H and O–H groups in total. The van der Waals surface area contributed by atoms with Gasteiger partial charge in [-0.3, -0.25) is 4.79 Å². The minimum absolute atomic E-state index is 0.130. The van der Waals surface area contributed by atoms with Crippen LogP contribution in [-0.4, -0.2) is 49.5 Å². The molecular formula is C21H34N4O. The van der Waals surface area contributed by atoms with Crippen LogP contribution in [0.3, 0.4) is 0 Å². The summed E-state index contributed by atoms with van der Waals surface area (Å²) in [5, 5.41) is 6.48. The van der Waals surface area contributed by atoms with Crippen LogP contribution in [0.4, 0.5) is 0 Å². The topological polar surface area (TPSA) is 56.7 Å². The van der Waals surface area contributed by atoms with Crippen molar-refractivity contribution < 1.29 is 4.79 Å². The summed E-state index contributed by atoms with van der Waals surface area (Å²) in [7, 11) is 0. The van der Waals surface area contributed by atoms with Crippen molar-refractivity contribution in [2.75, 3.05) is 32.7 Å². The molecule has 0 spiro atoms. The first-order valence-corrected chi connectivity index (χ1v) is 9.92. The highest BCUT2D eigenvalue weighted by Gasteiger charge is 2.22. The van der Waals surface area contributed by atoms with Crippen molar-refractivity contribution in [3.05, 3.63) is 35.9 Å². The lowest BCUT2D eigenvalue weighted by Gasteiger charge is -2.32. The predicted octanol–water partition coefficient (Wildman–Crippen LogP) is 2.68. The van der Waals surface area contributed by atoms with E-state index in [4.69, 9.17) is 0 Å². The number of carbonyl (C=O) groups is 1. The predicted molar refractivity (Wildman–Crippen MR) is 108 cm³/mol. The SMILES string of the molecule is CCNC(=NCC(=O)N1CCC(Cc2ccccc2)CC1)NCC(C)C. The number of aliphatic imine (C=N–C) groups is 1. The lowest BCUT2D eigenvalue weighted by molar-refractivity contribution is -0.130. The van der Waals surface area contributed by atoms with E-state index in [9.17, 15) is 4.79 Å². The van der Waals surface area contributed by atoms with E-state index in [2.05, 4.69) is 59.8 Å². The standard InChI is InChI=1S/C21H34N4O/c1-4-22-21(23-15-17(2)3)24-16-20(26)25-12-10-19(11-13-25)14-18-8-6-5-7-9-18/h5-9,17,19H,4,10-16H2,1-3H3,(H2,22,23,24). The molecule has 1 aliphatic rings. The van der Waals surface area contributed by atoms with E-state index in [1.165, 1.54) is 5.56 Å². The first-order valence-electron chi connectivity index (χ1n) is 9.92. The van der Waals surface area contributed by atoms with Crippen molar-refractivity contribution in [3.63, 3.8) is 0 Å². The summed E-state index contributed by atoms with van der Waals surface area (Å²) >= 11 is 0. The van der Waals surface area contributed by atoms with Crippen LogP contribution in [0.15, 0.2) is 35.3 Å². The fourth-order valence-electron chi connectivity index (χ4n) is 3.22. The van der Waals surface area contributed by atoms with Gasteiger partial charge in [-0.15, -0.1) is 0 Å². The van der Waals surface area contributed by atoms with Gasteiger partial charge in [0.1, 0.15) is 6.54 Å². The maximum Gasteiger partial charge on any atom is 0.244 e. The van der Waals surface area contributed by atoms with Crippen molar-refractivity contribution >= 4 is 11.9 Å². The van der Waals surface area contributed by atoms with Crippen molar-refractivity contribution in [1.29, 1.82) is 0 Å². The van der Waals surface area contributed by atoms with Gasteiger partial charge in [0.15, 0.2) is 5.96 Å². The first-order chi connectivity index (χ1) is 12.6. The molecule has 0 bridgehead atoms. The minimum atomic E-state index is 0.130. The van der Waals surface area contributed by atoms with Crippen LogP contribution in [-0.2, 0) is 11.2 Å². The molecule has 1 saturated heterocycles. The number of hydrogen-bond acceptors (Lipinski definition) is 2.